The minimum atomic E-state index is -5.08. The summed E-state index contributed by atoms with van der Waals surface area (Å²) in [6.07, 6.45) is -3.95. The average Bonchev–Trinajstić information content (AvgIpc) is 2.91. The summed E-state index contributed by atoms with van der Waals surface area (Å²) in [6, 6.07) is 8.99. The molecule has 0 saturated heterocycles. The summed E-state index contributed by atoms with van der Waals surface area (Å²) in [5, 5.41) is 9.68. The van der Waals surface area contributed by atoms with Gasteiger partial charge < -0.3 is 25.1 Å². The maximum Gasteiger partial charge on any atom is 0.490 e. The van der Waals surface area contributed by atoms with Gasteiger partial charge in [0.1, 0.15) is 6.04 Å². The van der Waals surface area contributed by atoms with Crippen LogP contribution in [-0.4, -0.2) is 62.3 Å². The number of halogens is 4. The van der Waals surface area contributed by atoms with Gasteiger partial charge in [-0.2, -0.15) is 13.2 Å². The number of nitrogens with zero attached hydrogens (tertiary/aromatic N) is 1. The molecule has 0 aliphatic carbocycles. The Bertz CT molecular complexity index is 1250. The van der Waals surface area contributed by atoms with Crippen LogP contribution in [0.3, 0.4) is 0 Å². The van der Waals surface area contributed by atoms with Crippen molar-refractivity contribution in [3.8, 4) is 17.2 Å². The summed E-state index contributed by atoms with van der Waals surface area (Å²) < 4.78 is 60.8. The van der Waals surface area contributed by atoms with Crippen LogP contribution < -0.4 is 25.3 Å². The Morgan fingerprint density at radius 1 is 0.952 bits per heavy atom. The molecule has 0 aliphatic heterocycles. The molecule has 2 aromatic carbocycles. The number of hydrogen-bond donors (Lipinski definition) is 3. The van der Waals surface area contributed by atoms with E-state index >= 15 is 0 Å². The number of nitrogens with two attached hydrogens (primary N) is 1. The molecular formula is C28H35F4N3O7. The first-order valence-corrected chi connectivity index (χ1v) is 12.6. The molecule has 14 heteroatoms. The van der Waals surface area contributed by atoms with Gasteiger partial charge in [0.25, 0.3) is 0 Å². The van der Waals surface area contributed by atoms with E-state index in [1.807, 2.05) is 13.8 Å². The molecule has 0 aliphatic rings. The molecule has 0 fully saturated rings. The van der Waals surface area contributed by atoms with Crippen LogP contribution in [0.5, 0.6) is 17.2 Å². The van der Waals surface area contributed by atoms with Gasteiger partial charge in [-0.15, -0.1) is 0 Å². The zero-order chi connectivity index (χ0) is 32.0. The van der Waals surface area contributed by atoms with Crippen molar-refractivity contribution in [3.05, 3.63) is 53.3 Å². The van der Waals surface area contributed by atoms with Crippen molar-refractivity contribution in [2.45, 2.75) is 51.7 Å². The third-order valence-electron chi connectivity index (χ3n) is 5.56. The Balaban J connectivity index is 0.00000112. The second-order valence-corrected chi connectivity index (χ2v) is 9.31. The molecule has 2 rings (SSSR count). The number of ether oxygens (including phenoxy) is 3. The molecule has 0 bridgehead atoms. The smallest absolute Gasteiger partial charge is 0.490 e. The second-order valence-electron chi connectivity index (χ2n) is 9.31. The van der Waals surface area contributed by atoms with Crippen LogP contribution in [0.2, 0.25) is 0 Å². The summed E-state index contributed by atoms with van der Waals surface area (Å²) in [5.41, 5.74) is 7.45. The number of amides is 1. The number of alkyl halides is 3. The summed E-state index contributed by atoms with van der Waals surface area (Å²) in [4.78, 5) is 38.6. The Labute approximate surface area is 240 Å². The maximum absolute atomic E-state index is 13.6. The fraction of sp³-hybridized carbons (Fsp3) is 0.429. The van der Waals surface area contributed by atoms with Gasteiger partial charge in [-0.05, 0) is 54.2 Å². The van der Waals surface area contributed by atoms with E-state index in [0.717, 1.165) is 5.56 Å². The van der Waals surface area contributed by atoms with E-state index in [9.17, 15) is 27.2 Å². The molecule has 0 heterocycles. The number of carbonyl (C=O) groups excluding carboxylic acids is 2. The van der Waals surface area contributed by atoms with E-state index in [2.05, 4.69) is 10.3 Å². The summed E-state index contributed by atoms with van der Waals surface area (Å²) in [6.45, 7) is 3.96. The lowest BCUT2D eigenvalue weighted by molar-refractivity contribution is -0.192. The number of carbonyl (C=O) groups is 3. The minimum absolute atomic E-state index is 0.0474. The summed E-state index contributed by atoms with van der Waals surface area (Å²) in [5.74, 6) is -2.41. The number of rotatable bonds is 12. The minimum Gasteiger partial charge on any atom is -0.494 e. The van der Waals surface area contributed by atoms with Gasteiger partial charge in [0.05, 0.1) is 27.8 Å². The molecule has 10 nitrogen and oxygen atoms in total. The number of nitrogens with one attached hydrogen (secondary N) is 1. The molecule has 0 unspecified atom stereocenters. The summed E-state index contributed by atoms with van der Waals surface area (Å²) in [7, 11) is 4.44. The van der Waals surface area contributed by atoms with E-state index < -0.39 is 24.0 Å². The van der Waals surface area contributed by atoms with E-state index in [0.29, 0.717) is 29.9 Å². The third kappa shape index (κ3) is 12.4. The van der Waals surface area contributed by atoms with E-state index in [1.165, 1.54) is 27.4 Å². The monoisotopic (exact) mass is 601 g/mol. The molecule has 0 aromatic heterocycles. The zero-order valence-electron chi connectivity index (χ0n) is 23.9. The number of aliphatic carboxylic acids is 1. The number of benzene rings is 2. The highest BCUT2D eigenvalue weighted by Crippen LogP contribution is 2.27. The maximum atomic E-state index is 13.6. The molecule has 0 saturated carbocycles. The van der Waals surface area contributed by atoms with Crippen LogP contribution in [0.25, 0.3) is 0 Å². The first-order valence-electron chi connectivity index (χ1n) is 12.6. The Morgan fingerprint density at radius 3 is 2.02 bits per heavy atom. The highest BCUT2D eigenvalue weighted by Gasteiger charge is 2.38. The van der Waals surface area contributed by atoms with Crippen LogP contribution in [0, 0.1) is 11.7 Å². The fourth-order valence-corrected chi connectivity index (χ4v) is 3.56. The molecule has 1 atom stereocenters. The molecule has 232 valence electrons. The normalized spacial score (nSPS) is 12.1. The number of aliphatic imine (C=N–C) groups is 1. The fourth-order valence-electron chi connectivity index (χ4n) is 3.56. The molecule has 4 N–H and O–H groups in total. The number of carboxylic acids is 1. The number of Topliss-reactive ketones (excluding diaryl/α,β-unsaturated/α-hetero) is 1. The van der Waals surface area contributed by atoms with Crippen molar-refractivity contribution in [2.24, 2.45) is 16.6 Å². The predicted octanol–water partition coefficient (Wildman–Crippen LogP) is 4.07. The highest BCUT2D eigenvalue weighted by molar-refractivity contribution is 5.98. The summed E-state index contributed by atoms with van der Waals surface area (Å²) >= 11 is 0. The van der Waals surface area contributed by atoms with Gasteiger partial charge in [0.15, 0.2) is 34.8 Å². The molecule has 0 spiro atoms. The van der Waals surface area contributed by atoms with Crippen LogP contribution in [-0.2, 0) is 27.2 Å². The standard InChI is InChI=1S/C26H34FN3O5.C2HF3O2/c1-16(2)12-20(21(31)10-7-17-6-9-19(27)23(13-17)34-4)29-26(28)30-25(32)15-18-8-11-22(33-3)24(14-18)35-5;3-2(4,5)1(6)7/h6,8-9,11,13-14,16,20H,7,10,12,15H2,1-5H3,(H3,28,29,30,32);(H,6,7)/t20-;/m1./s1. The molecule has 1 amide bonds. The zero-order valence-corrected chi connectivity index (χ0v) is 23.9. The SMILES string of the molecule is COc1cc(CCC(=O)[C@@H](CC(C)C)N=C(N)NC(=O)Cc2ccc(OC)c(OC)c2)ccc1F.O=C(O)C(F)(F)F. The van der Waals surface area contributed by atoms with Gasteiger partial charge in [0.2, 0.25) is 5.91 Å². The second kappa shape index (κ2) is 16.8. The lowest BCUT2D eigenvalue weighted by Gasteiger charge is -2.16. The van der Waals surface area contributed by atoms with Crippen LogP contribution in [0.4, 0.5) is 17.6 Å². The number of methoxy groups -OCH3 is 3. The first-order chi connectivity index (χ1) is 19.6. The lowest BCUT2D eigenvalue weighted by atomic mass is 9.96. The van der Waals surface area contributed by atoms with Gasteiger partial charge in [0, 0.05) is 6.42 Å². The first kappa shape index (κ1) is 35.7. The number of carboxylic acid groups (broad SMARTS) is 1. The van der Waals surface area contributed by atoms with Crippen molar-refractivity contribution in [1.29, 1.82) is 0 Å². The van der Waals surface area contributed by atoms with Crippen molar-refractivity contribution in [2.75, 3.05) is 21.3 Å². The molecular weight excluding hydrogens is 566 g/mol. The topological polar surface area (TPSA) is 150 Å². The van der Waals surface area contributed by atoms with Crippen molar-refractivity contribution in [3.63, 3.8) is 0 Å². The molecule has 2 aromatic rings. The number of guanidine groups is 1. The Morgan fingerprint density at radius 2 is 1.50 bits per heavy atom. The van der Waals surface area contributed by atoms with Gasteiger partial charge >= 0.3 is 12.1 Å². The lowest BCUT2D eigenvalue weighted by Crippen LogP contribution is -2.39. The van der Waals surface area contributed by atoms with Crippen molar-refractivity contribution >= 4 is 23.6 Å². The van der Waals surface area contributed by atoms with Gasteiger partial charge in [-0.1, -0.05) is 26.0 Å². The highest BCUT2D eigenvalue weighted by atomic mass is 19.4. The van der Waals surface area contributed by atoms with E-state index in [1.54, 1.807) is 30.3 Å². The molecule has 42 heavy (non-hydrogen) atoms. The van der Waals surface area contributed by atoms with E-state index in [4.69, 9.17) is 29.8 Å². The number of ketones is 1. The molecule has 0 radical (unpaired) electrons. The van der Waals surface area contributed by atoms with Crippen LogP contribution >= 0.6 is 0 Å². The number of aryl methyl sites for hydroxylation is 1. The van der Waals surface area contributed by atoms with Gasteiger partial charge in [-0.3, -0.25) is 14.9 Å². The van der Waals surface area contributed by atoms with Crippen molar-refractivity contribution < 1.29 is 51.3 Å². The van der Waals surface area contributed by atoms with Crippen molar-refractivity contribution in [1.82, 2.24) is 5.32 Å². The van der Waals surface area contributed by atoms with Gasteiger partial charge in [-0.25, -0.2) is 14.2 Å². The number of hydrogen-bond acceptors (Lipinski definition) is 7. The van der Waals surface area contributed by atoms with Crippen LogP contribution in [0.15, 0.2) is 41.4 Å². The quantitative estimate of drug-likeness (QED) is 0.187. The predicted molar refractivity (Wildman–Crippen MR) is 146 cm³/mol. The Kier molecular flexibility index (Phi) is 14.3. The average molecular weight is 602 g/mol. The van der Waals surface area contributed by atoms with Crippen LogP contribution in [0.1, 0.15) is 37.8 Å². The Hall–Kier alpha value is -4.36. The third-order valence-corrected chi connectivity index (χ3v) is 5.56. The largest absolute Gasteiger partial charge is 0.494 e. The van der Waals surface area contributed by atoms with E-state index in [-0.39, 0.29) is 42.2 Å².